The second-order valence-electron chi connectivity index (χ2n) is 2.70. The van der Waals surface area contributed by atoms with Crippen molar-refractivity contribution in [3.05, 3.63) is 22.8 Å². The first kappa shape index (κ1) is 13.8. The molecule has 0 unspecified atom stereocenters. The lowest BCUT2D eigenvalue weighted by Crippen LogP contribution is -3.00. The molecule has 0 radical (unpaired) electrons. The first-order valence-corrected chi connectivity index (χ1v) is 5.17. The maximum atomic E-state index is 11.3. The topological polar surface area (TPSA) is 29.5 Å². The molecule has 0 aromatic carbocycles. The average Bonchev–Trinajstić information content (AvgIpc) is 2.16. The van der Waals surface area contributed by atoms with Gasteiger partial charge in [0.1, 0.15) is 0 Å². The van der Waals surface area contributed by atoms with Crippen LogP contribution < -0.4 is 24.0 Å². The number of thioether (sulfide) groups is 1. The highest BCUT2D eigenvalue weighted by atomic mass is 127. The van der Waals surface area contributed by atoms with Crippen molar-refractivity contribution >= 4 is 17.7 Å². The Morgan fingerprint density at radius 2 is 2.29 bits per heavy atom. The molecule has 1 rings (SSSR count). The molecule has 0 aliphatic carbocycles. The van der Waals surface area contributed by atoms with Gasteiger partial charge in [0.2, 0.25) is 0 Å². The van der Waals surface area contributed by atoms with Crippen molar-refractivity contribution in [3.63, 3.8) is 0 Å². The Bertz CT molecular complexity index is 276. The number of halogens is 1. The van der Waals surface area contributed by atoms with E-state index in [4.69, 9.17) is 0 Å². The first-order valence-electron chi connectivity index (χ1n) is 3.95. The highest BCUT2D eigenvalue weighted by Gasteiger charge is 2.18. The highest BCUT2D eigenvalue weighted by Crippen LogP contribution is 2.24. The van der Waals surface area contributed by atoms with E-state index < -0.39 is 0 Å². The van der Waals surface area contributed by atoms with Crippen LogP contribution in [0.5, 0.6) is 0 Å². The van der Waals surface area contributed by atoms with Crippen molar-refractivity contribution < 1.29 is 33.5 Å². The lowest BCUT2D eigenvalue weighted by Gasteiger charge is -2.24. The van der Waals surface area contributed by atoms with Gasteiger partial charge in [0.15, 0.2) is 0 Å². The Morgan fingerprint density at radius 3 is 2.79 bits per heavy atom. The van der Waals surface area contributed by atoms with Gasteiger partial charge >= 0.3 is 5.97 Å². The molecule has 1 heterocycles. The number of methoxy groups -OCH3 is 1. The van der Waals surface area contributed by atoms with E-state index in [1.807, 2.05) is 30.4 Å². The molecule has 0 amide bonds. The maximum absolute atomic E-state index is 11.3. The summed E-state index contributed by atoms with van der Waals surface area (Å²) in [4.78, 5) is 13.3. The normalized spacial score (nSPS) is 15.2. The zero-order valence-electron chi connectivity index (χ0n) is 8.41. The summed E-state index contributed by atoms with van der Waals surface area (Å²) in [5.41, 5.74) is 0.642. The fraction of sp³-hybridized carbons (Fsp3) is 0.444. The van der Waals surface area contributed by atoms with Crippen molar-refractivity contribution in [2.45, 2.75) is 0 Å². The molecule has 0 atom stereocenters. The smallest absolute Gasteiger partial charge is 0.340 e. The van der Waals surface area contributed by atoms with Crippen molar-refractivity contribution in [3.8, 4) is 0 Å². The van der Waals surface area contributed by atoms with Crippen molar-refractivity contribution in [1.29, 1.82) is 0 Å². The van der Waals surface area contributed by atoms with Gasteiger partial charge < -0.3 is 33.6 Å². The summed E-state index contributed by atoms with van der Waals surface area (Å²) in [6.45, 7) is 0.844. The maximum Gasteiger partial charge on any atom is 0.340 e. The summed E-state index contributed by atoms with van der Waals surface area (Å²) < 4.78 is 4.68. The summed E-state index contributed by atoms with van der Waals surface area (Å²) in [5, 5.41) is 0.967. The number of carbonyl (C=O) groups is 1. The van der Waals surface area contributed by atoms with Crippen LogP contribution in [0, 0.1) is 0 Å². The lowest BCUT2D eigenvalue weighted by atomic mass is 10.2. The van der Waals surface area contributed by atoms with E-state index in [-0.39, 0.29) is 29.9 Å². The minimum absolute atomic E-state index is 0. The number of ether oxygens (including phenoxy) is 1. The molecule has 0 saturated heterocycles. The van der Waals surface area contributed by atoms with Crippen molar-refractivity contribution in [2.24, 2.45) is 0 Å². The lowest BCUT2D eigenvalue weighted by molar-refractivity contribution is -0.135. The second-order valence-corrected chi connectivity index (χ2v) is 3.49. The Morgan fingerprint density at radius 1 is 1.64 bits per heavy atom. The molecule has 0 aromatic rings. The van der Waals surface area contributed by atoms with Gasteiger partial charge in [0.05, 0.1) is 17.7 Å². The number of rotatable bonds is 2. The van der Waals surface area contributed by atoms with E-state index in [1.54, 1.807) is 11.8 Å². The molecule has 0 fully saturated rings. The molecule has 1 aliphatic rings. The predicted octanol–water partition coefficient (Wildman–Crippen LogP) is -1.76. The van der Waals surface area contributed by atoms with Crippen LogP contribution in [-0.2, 0) is 9.53 Å². The Kier molecular flexibility index (Phi) is 6.26. The number of hydrogen-bond donors (Lipinski definition) is 0. The third-order valence-corrected chi connectivity index (χ3v) is 2.76. The molecule has 80 valence electrons. The third kappa shape index (κ3) is 2.91. The molecule has 3 nitrogen and oxygen atoms in total. The summed E-state index contributed by atoms with van der Waals surface area (Å²) >= 11 is 1.56. The average molecular weight is 326 g/mol. The summed E-state index contributed by atoms with van der Waals surface area (Å²) in [5.74, 6) is -0.271. The zero-order chi connectivity index (χ0) is 9.84. The van der Waals surface area contributed by atoms with Gasteiger partial charge in [0.25, 0.3) is 0 Å². The Balaban J connectivity index is 0.00000169. The van der Waals surface area contributed by atoms with Gasteiger partial charge in [-0.05, 0) is 12.3 Å². The van der Waals surface area contributed by atoms with Crippen LogP contribution in [0.1, 0.15) is 0 Å². The minimum atomic E-state index is -0.271. The van der Waals surface area contributed by atoms with Crippen molar-refractivity contribution in [2.75, 3.05) is 27.0 Å². The van der Waals surface area contributed by atoms with Gasteiger partial charge in [-0.25, -0.2) is 4.79 Å². The molecule has 0 bridgehead atoms. The Labute approximate surface area is 106 Å². The van der Waals surface area contributed by atoms with Gasteiger partial charge in [-0.15, -0.1) is 11.8 Å². The van der Waals surface area contributed by atoms with E-state index in [1.165, 1.54) is 7.11 Å². The van der Waals surface area contributed by atoms with Crippen LogP contribution in [0.2, 0.25) is 0 Å². The minimum Gasteiger partial charge on any atom is -1.00 e. The summed E-state index contributed by atoms with van der Waals surface area (Å²) in [7, 11) is 3.36. The molecule has 14 heavy (non-hydrogen) atoms. The predicted molar refractivity (Wildman–Crippen MR) is 54.3 cm³/mol. The fourth-order valence-electron chi connectivity index (χ4n) is 1.22. The van der Waals surface area contributed by atoms with Crippen molar-refractivity contribution in [1.82, 2.24) is 4.90 Å². The zero-order valence-corrected chi connectivity index (χ0v) is 11.4. The van der Waals surface area contributed by atoms with E-state index in [2.05, 4.69) is 4.74 Å². The van der Waals surface area contributed by atoms with Crippen LogP contribution in [0.3, 0.4) is 0 Å². The molecular weight excluding hydrogens is 313 g/mol. The molecule has 0 aromatic heterocycles. The molecule has 0 saturated carbocycles. The SMILES string of the molecule is COC(=O)C1=C(SC)N(C)CC=C1.[I-]. The summed E-state index contributed by atoms with van der Waals surface area (Å²) in [6.07, 6.45) is 5.72. The molecule has 0 spiro atoms. The number of carbonyl (C=O) groups excluding carboxylic acids is 1. The molecule has 1 aliphatic heterocycles. The third-order valence-electron chi connectivity index (χ3n) is 1.84. The van der Waals surface area contributed by atoms with E-state index in [0.717, 1.165) is 11.6 Å². The monoisotopic (exact) mass is 326 g/mol. The highest BCUT2D eigenvalue weighted by molar-refractivity contribution is 8.02. The molecular formula is C9H13INO2S-. The van der Waals surface area contributed by atoms with Gasteiger partial charge in [0, 0.05) is 13.6 Å². The van der Waals surface area contributed by atoms with E-state index in [9.17, 15) is 4.79 Å². The van der Waals surface area contributed by atoms with Crippen LogP contribution in [0.25, 0.3) is 0 Å². The van der Waals surface area contributed by atoms with E-state index in [0.29, 0.717) is 5.57 Å². The largest absolute Gasteiger partial charge is 1.00 e. The number of hydrogen-bond acceptors (Lipinski definition) is 4. The van der Waals surface area contributed by atoms with E-state index >= 15 is 0 Å². The standard InChI is InChI=1S/C9H13NO2S.HI/c1-10-6-4-5-7(8(10)13-3)9(11)12-2;/h4-5H,6H2,1-3H3;1H/p-1. The van der Waals surface area contributed by atoms with Crippen LogP contribution in [0.15, 0.2) is 22.8 Å². The van der Waals surface area contributed by atoms with Gasteiger partial charge in [-0.2, -0.15) is 0 Å². The first-order chi connectivity index (χ1) is 6.20. The van der Waals surface area contributed by atoms with Gasteiger partial charge in [-0.3, -0.25) is 0 Å². The Hall–Kier alpha value is -0.170. The molecule has 5 heteroatoms. The quantitative estimate of drug-likeness (QED) is 0.444. The van der Waals surface area contributed by atoms with Crippen LogP contribution in [-0.4, -0.2) is 37.8 Å². The fourth-order valence-corrected chi connectivity index (χ4v) is 1.98. The van der Waals surface area contributed by atoms with Crippen LogP contribution >= 0.6 is 11.8 Å². The van der Waals surface area contributed by atoms with Crippen LogP contribution in [0.4, 0.5) is 0 Å². The number of nitrogens with zero attached hydrogens (tertiary/aromatic N) is 1. The summed E-state index contributed by atoms with van der Waals surface area (Å²) in [6, 6.07) is 0. The van der Waals surface area contributed by atoms with Gasteiger partial charge in [-0.1, -0.05) is 6.08 Å². The number of likely N-dealkylation sites (N-methyl/N-ethyl adjacent to an activating group) is 1. The second kappa shape index (κ2) is 6.34. The number of esters is 1. The molecule has 0 N–H and O–H groups in total.